The van der Waals surface area contributed by atoms with Crippen LogP contribution in [0.25, 0.3) is 0 Å². The van der Waals surface area contributed by atoms with E-state index < -0.39 is 15.9 Å². The van der Waals surface area contributed by atoms with Gasteiger partial charge in [0.25, 0.3) is 10.1 Å². The van der Waals surface area contributed by atoms with E-state index in [0.717, 1.165) is 0 Å². The number of aliphatic hydroxyl groups excluding tert-OH is 1. The molecule has 86 valence electrons. The summed E-state index contributed by atoms with van der Waals surface area (Å²) in [6, 6.07) is 0. The minimum absolute atomic E-state index is 0.0451. The standard InChI is InChI=1S/C6H12O3.CH4O3S/c1-6(2)8-4-5(3-7)9-6;1-5(2,3)4/h5,7H,3-4H2,1-2H3;1H3,(H,2,3,4). The van der Waals surface area contributed by atoms with E-state index in [1.165, 1.54) is 0 Å². The van der Waals surface area contributed by atoms with Gasteiger partial charge in [-0.05, 0) is 13.8 Å². The summed E-state index contributed by atoms with van der Waals surface area (Å²) in [7, 11) is -3.67. The Hall–Kier alpha value is -0.210. The van der Waals surface area contributed by atoms with Gasteiger partial charge in [-0.15, -0.1) is 0 Å². The second kappa shape index (κ2) is 5.04. The highest BCUT2D eigenvalue weighted by atomic mass is 32.2. The molecule has 1 saturated heterocycles. The smallest absolute Gasteiger partial charge is 0.261 e. The molecule has 1 rings (SSSR count). The van der Waals surface area contributed by atoms with Gasteiger partial charge in [0.1, 0.15) is 6.10 Å². The Morgan fingerprint density at radius 1 is 1.50 bits per heavy atom. The molecule has 1 aliphatic rings. The van der Waals surface area contributed by atoms with Crippen LogP contribution in [-0.2, 0) is 19.6 Å². The van der Waals surface area contributed by atoms with Crippen LogP contribution in [0.3, 0.4) is 0 Å². The number of ether oxygens (including phenoxy) is 2. The zero-order chi connectivity index (χ0) is 11.4. The van der Waals surface area contributed by atoms with E-state index in [1.807, 2.05) is 13.8 Å². The van der Waals surface area contributed by atoms with Crippen LogP contribution in [-0.4, -0.2) is 49.4 Å². The summed E-state index contributed by atoms with van der Waals surface area (Å²) in [5.41, 5.74) is 0. The molecule has 0 aliphatic carbocycles. The summed E-state index contributed by atoms with van der Waals surface area (Å²) < 4.78 is 36.3. The van der Waals surface area contributed by atoms with Crippen LogP contribution in [0.15, 0.2) is 0 Å². The maximum absolute atomic E-state index is 9.19. The topological polar surface area (TPSA) is 93.1 Å². The molecule has 6 nitrogen and oxygen atoms in total. The van der Waals surface area contributed by atoms with E-state index in [-0.39, 0.29) is 12.7 Å². The third-order valence-electron chi connectivity index (χ3n) is 1.27. The molecular weight excluding hydrogens is 212 g/mol. The van der Waals surface area contributed by atoms with Gasteiger partial charge in [-0.2, -0.15) is 8.42 Å². The Morgan fingerprint density at radius 3 is 2.07 bits per heavy atom. The Bertz CT molecular complexity index is 249. The lowest BCUT2D eigenvalue weighted by Crippen LogP contribution is -2.22. The molecule has 0 radical (unpaired) electrons. The molecule has 1 heterocycles. The van der Waals surface area contributed by atoms with E-state index in [9.17, 15) is 8.42 Å². The van der Waals surface area contributed by atoms with E-state index in [2.05, 4.69) is 0 Å². The van der Waals surface area contributed by atoms with E-state index in [0.29, 0.717) is 12.9 Å². The van der Waals surface area contributed by atoms with Crippen molar-refractivity contribution in [2.45, 2.75) is 25.7 Å². The quantitative estimate of drug-likeness (QED) is 0.595. The van der Waals surface area contributed by atoms with Crippen LogP contribution in [0.1, 0.15) is 13.8 Å². The Balaban J connectivity index is 0.000000292. The summed E-state index contributed by atoms with van der Waals surface area (Å²) in [5, 5.41) is 8.59. The van der Waals surface area contributed by atoms with E-state index in [4.69, 9.17) is 19.1 Å². The minimum atomic E-state index is -3.67. The number of hydrogen-bond donors (Lipinski definition) is 2. The maximum Gasteiger partial charge on any atom is 0.261 e. The van der Waals surface area contributed by atoms with Crippen molar-refractivity contribution in [2.75, 3.05) is 19.5 Å². The summed E-state index contributed by atoms with van der Waals surface area (Å²) in [6.45, 7) is 4.22. The van der Waals surface area contributed by atoms with Crippen molar-refractivity contribution in [3.8, 4) is 0 Å². The minimum Gasteiger partial charge on any atom is -0.394 e. The fourth-order valence-electron chi connectivity index (χ4n) is 0.853. The van der Waals surface area contributed by atoms with Gasteiger partial charge >= 0.3 is 0 Å². The van der Waals surface area contributed by atoms with Gasteiger partial charge in [0, 0.05) is 0 Å². The molecule has 7 heteroatoms. The van der Waals surface area contributed by atoms with Gasteiger partial charge in [0.05, 0.1) is 19.5 Å². The SMILES string of the molecule is CC1(C)OCC(CO)O1.CS(=O)(=O)O. The molecule has 0 saturated carbocycles. The van der Waals surface area contributed by atoms with Crippen LogP contribution in [0.2, 0.25) is 0 Å². The van der Waals surface area contributed by atoms with Gasteiger partial charge in [-0.1, -0.05) is 0 Å². The van der Waals surface area contributed by atoms with Crippen molar-refractivity contribution in [1.29, 1.82) is 0 Å². The Labute approximate surface area is 83.6 Å². The molecule has 0 bridgehead atoms. The highest BCUT2D eigenvalue weighted by Gasteiger charge is 2.31. The third-order valence-corrected chi connectivity index (χ3v) is 1.27. The molecule has 1 atom stereocenters. The van der Waals surface area contributed by atoms with Gasteiger partial charge in [0.15, 0.2) is 5.79 Å². The second-order valence-electron chi connectivity index (χ2n) is 3.37. The monoisotopic (exact) mass is 228 g/mol. The van der Waals surface area contributed by atoms with E-state index in [1.54, 1.807) is 0 Å². The molecule has 0 amide bonds. The largest absolute Gasteiger partial charge is 0.394 e. The molecule has 1 unspecified atom stereocenters. The average Bonchev–Trinajstić information content (AvgIpc) is 2.26. The third kappa shape index (κ3) is 8.39. The molecule has 1 fully saturated rings. The molecule has 1 aliphatic heterocycles. The molecule has 0 aromatic heterocycles. The van der Waals surface area contributed by atoms with Gasteiger partial charge < -0.3 is 14.6 Å². The van der Waals surface area contributed by atoms with Crippen molar-refractivity contribution < 1.29 is 27.6 Å². The summed E-state index contributed by atoms with van der Waals surface area (Å²) in [6.07, 6.45) is 0.590. The zero-order valence-electron chi connectivity index (χ0n) is 8.43. The summed E-state index contributed by atoms with van der Waals surface area (Å²) in [4.78, 5) is 0. The lowest BCUT2D eigenvalue weighted by molar-refractivity contribution is -0.142. The predicted octanol–water partition coefficient (Wildman–Crippen LogP) is -0.366. The van der Waals surface area contributed by atoms with Gasteiger partial charge in [-0.3, -0.25) is 4.55 Å². The van der Waals surface area contributed by atoms with Crippen LogP contribution in [0.4, 0.5) is 0 Å². The Kier molecular flexibility index (Phi) is 4.96. The first-order chi connectivity index (χ1) is 6.14. The van der Waals surface area contributed by atoms with Crippen molar-refractivity contribution in [3.63, 3.8) is 0 Å². The van der Waals surface area contributed by atoms with Crippen LogP contribution in [0, 0.1) is 0 Å². The van der Waals surface area contributed by atoms with Crippen LogP contribution in [0.5, 0.6) is 0 Å². The first kappa shape index (κ1) is 13.8. The molecule has 0 aromatic rings. The van der Waals surface area contributed by atoms with Crippen molar-refractivity contribution in [3.05, 3.63) is 0 Å². The van der Waals surface area contributed by atoms with Crippen LogP contribution >= 0.6 is 0 Å². The second-order valence-corrected chi connectivity index (χ2v) is 4.83. The lowest BCUT2D eigenvalue weighted by atomic mass is 10.4. The first-order valence-corrected chi connectivity index (χ1v) is 5.84. The van der Waals surface area contributed by atoms with E-state index >= 15 is 0 Å². The molecular formula is C7H16O6S. The Morgan fingerprint density at radius 2 is 1.93 bits per heavy atom. The van der Waals surface area contributed by atoms with Crippen molar-refractivity contribution >= 4 is 10.1 Å². The van der Waals surface area contributed by atoms with Crippen molar-refractivity contribution in [1.82, 2.24) is 0 Å². The number of rotatable bonds is 1. The summed E-state index contributed by atoms with van der Waals surface area (Å²) >= 11 is 0. The van der Waals surface area contributed by atoms with Crippen LogP contribution < -0.4 is 0 Å². The normalized spacial score (nSPS) is 25.4. The first-order valence-electron chi connectivity index (χ1n) is 3.99. The molecule has 2 N–H and O–H groups in total. The molecule has 14 heavy (non-hydrogen) atoms. The number of hydrogen-bond acceptors (Lipinski definition) is 5. The molecule has 0 aromatic carbocycles. The van der Waals surface area contributed by atoms with Gasteiger partial charge in [0.2, 0.25) is 0 Å². The fourth-order valence-corrected chi connectivity index (χ4v) is 0.853. The molecule has 0 spiro atoms. The zero-order valence-corrected chi connectivity index (χ0v) is 9.24. The number of aliphatic hydroxyl groups is 1. The average molecular weight is 228 g/mol. The van der Waals surface area contributed by atoms with Gasteiger partial charge in [-0.25, -0.2) is 0 Å². The highest BCUT2D eigenvalue weighted by molar-refractivity contribution is 7.85. The van der Waals surface area contributed by atoms with Crippen molar-refractivity contribution in [2.24, 2.45) is 0 Å². The fraction of sp³-hybridized carbons (Fsp3) is 1.00. The predicted molar refractivity (Wildman–Crippen MR) is 49.5 cm³/mol. The highest BCUT2D eigenvalue weighted by Crippen LogP contribution is 2.21. The maximum atomic E-state index is 9.19. The lowest BCUT2D eigenvalue weighted by Gasteiger charge is -2.15. The summed E-state index contributed by atoms with van der Waals surface area (Å²) in [5.74, 6) is -0.493.